The van der Waals surface area contributed by atoms with Crippen molar-refractivity contribution in [3.63, 3.8) is 0 Å². The molecule has 2 aliphatic rings. The third-order valence-electron chi connectivity index (χ3n) is 5.81. The lowest BCUT2D eigenvalue weighted by Crippen LogP contribution is -2.48. The third-order valence-corrected chi connectivity index (χ3v) is 5.81. The molecule has 2 amide bonds. The van der Waals surface area contributed by atoms with Gasteiger partial charge in [0.15, 0.2) is 5.76 Å². The Morgan fingerprint density at radius 3 is 2.70 bits per heavy atom. The van der Waals surface area contributed by atoms with Crippen LogP contribution in [0.15, 0.2) is 65.4 Å². The highest BCUT2D eigenvalue weighted by Crippen LogP contribution is 2.34. The van der Waals surface area contributed by atoms with E-state index in [9.17, 15) is 14.0 Å². The highest BCUT2D eigenvalue weighted by molar-refractivity contribution is 5.94. The van der Waals surface area contributed by atoms with Gasteiger partial charge in [0.05, 0.1) is 12.3 Å². The zero-order valence-corrected chi connectivity index (χ0v) is 16.4. The van der Waals surface area contributed by atoms with Gasteiger partial charge < -0.3 is 18.8 Å². The molecule has 6 nitrogen and oxygen atoms in total. The molecule has 2 aromatic heterocycles. The molecule has 1 aliphatic carbocycles. The molecule has 30 heavy (non-hydrogen) atoms. The van der Waals surface area contributed by atoms with E-state index in [1.165, 1.54) is 18.4 Å². The number of furan rings is 1. The number of nitrogens with zero attached hydrogens (tertiary/aromatic N) is 3. The second-order valence-electron chi connectivity index (χ2n) is 7.81. The Bertz CT molecular complexity index is 1070. The first-order valence-corrected chi connectivity index (χ1v) is 10.2. The monoisotopic (exact) mass is 407 g/mol. The predicted octanol–water partition coefficient (Wildman–Crippen LogP) is 3.46. The summed E-state index contributed by atoms with van der Waals surface area (Å²) in [7, 11) is 0. The van der Waals surface area contributed by atoms with Crippen molar-refractivity contribution in [2.75, 3.05) is 13.1 Å². The molecule has 1 aromatic carbocycles. The van der Waals surface area contributed by atoms with Gasteiger partial charge >= 0.3 is 0 Å². The van der Waals surface area contributed by atoms with Crippen LogP contribution < -0.4 is 0 Å². The van der Waals surface area contributed by atoms with E-state index in [1.54, 1.807) is 28.0 Å². The number of benzene rings is 1. The first kappa shape index (κ1) is 18.7. The van der Waals surface area contributed by atoms with E-state index in [1.807, 2.05) is 24.4 Å². The minimum absolute atomic E-state index is 0.0171. The summed E-state index contributed by atoms with van der Waals surface area (Å²) in [4.78, 5) is 29.6. The Morgan fingerprint density at radius 2 is 1.97 bits per heavy atom. The number of amides is 2. The maximum Gasteiger partial charge on any atom is 0.290 e. The maximum atomic E-state index is 14.0. The summed E-state index contributed by atoms with van der Waals surface area (Å²) in [5, 5.41) is 0. The van der Waals surface area contributed by atoms with Gasteiger partial charge in [0.1, 0.15) is 12.4 Å². The van der Waals surface area contributed by atoms with E-state index in [-0.39, 0.29) is 36.0 Å². The zero-order chi connectivity index (χ0) is 20.7. The minimum atomic E-state index is -0.392. The van der Waals surface area contributed by atoms with Gasteiger partial charge in [-0.05, 0) is 54.8 Å². The predicted molar refractivity (Wildman–Crippen MR) is 107 cm³/mol. The molecule has 5 rings (SSSR count). The maximum absolute atomic E-state index is 14.0. The SMILES string of the molecule is O=C(c1ccco1)N(CC(=O)N1CCn2cccc2C1c1cccc(F)c1)C1CC1. The van der Waals surface area contributed by atoms with Crippen molar-refractivity contribution in [2.45, 2.75) is 31.5 Å². The Kier molecular flexibility index (Phi) is 4.65. The number of hydrogen-bond donors (Lipinski definition) is 0. The van der Waals surface area contributed by atoms with Crippen LogP contribution in [0.3, 0.4) is 0 Å². The van der Waals surface area contributed by atoms with Crippen molar-refractivity contribution in [1.29, 1.82) is 0 Å². The van der Waals surface area contributed by atoms with Crippen molar-refractivity contribution < 1.29 is 18.4 Å². The summed E-state index contributed by atoms with van der Waals surface area (Å²) >= 11 is 0. The summed E-state index contributed by atoms with van der Waals surface area (Å²) in [6.45, 7) is 1.14. The lowest BCUT2D eigenvalue weighted by Gasteiger charge is -2.38. The smallest absolute Gasteiger partial charge is 0.290 e. The summed E-state index contributed by atoms with van der Waals surface area (Å²) in [6.07, 6.45) is 5.20. The van der Waals surface area contributed by atoms with Crippen molar-refractivity contribution in [2.24, 2.45) is 0 Å². The standard InChI is InChI=1S/C23H22FN3O3/c24-17-5-1-4-16(14-17)22-19-6-2-10-25(19)11-12-26(22)21(28)15-27(18-8-9-18)23(29)20-7-3-13-30-20/h1-7,10,13-14,18,22H,8-9,11-12,15H2. The quantitative estimate of drug-likeness (QED) is 0.651. The van der Waals surface area contributed by atoms with Gasteiger partial charge in [-0.2, -0.15) is 0 Å². The fourth-order valence-corrected chi connectivity index (χ4v) is 4.21. The molecular formula is C23H22FN3O3. The second kappa shape index (κ2) is 7.48. The summed E-state index contributed by atoms with van der Waals surface area (Å²) < 4.78 is 21.3. The molecule has 3 aromatic rings. The van der Waals surface area contributed by atoms with Crippen LogP contribution in [-0.4, -0.2) is 45.3 Å². The van der Waals surface area contributed by atoms with Crippen LogP contribution in [0.2, 0.25) is 0 Å². The summed E-state index contributed by atoms with van der Waals surface area (Å²) in [5.74, 6) is -0.512. The summed E-state index contributed by atoms with van der Waals surface area (Å²) in [5.41, 5.74) is 1.66. The van der Waals surface area contributed by atoms with Gasteiger partial charge in [-0.25, -0.2) is 4.39 Å². The topological polar surface area (TPSA) is 58.7 Å². The molecule has 154 valence electrons. The average Bonchev–Trinajstić information content (AvgIpc) is 3.24. The Balaban J connectivity index is 1.44. The van der Waals surface area contributed by atoms with Gasteiger partial charge in [0.25, 0.3) is 5.91 Å². The fourth-order valence-electron chi connectivity index (χ4n) is 4.21. The Labute approximate surface area is 173 Å². The molecule has 0 bridgehead atoms. The molecule has 1 fully saturated rings. The van der Waals surface area contributed by atoms with Gasteiger partial charge in [0, 0.05) is 31.0 Å². The molecule has 0 saturated heterocycles. The van der Waals surface area contributed by atoms with E-state index in [2.05, 4.69) is 4.57 Å². The molecule has 0 radical (unpaired) electrons. The van der Waals surface area contributed by atoms with E-state index in [0.29, 0.717) is 13.1 Å². The Hall–Kier alpha value is -3.35. The molecule has 0 spiro atoms. The highest BCUT2D eigenvalue weighted by atomic mass is 19.1. The number of rotatable bonds is 5. The average molecular weight is 407 g/mol. The van der Waals surface area contributed by atoms with Crippen molar-refractivity contribution >= 4 is 11.8 Å². The third kappa shape index (κ3) is 3.40. The van der Waals surface area contributed by atoms with Crippen LogP contribution in [0.4, 0.5) is 4.39 Å². The van der Waals surface area contributed by atoms with Crippen LogP contribution in [0.25, 0.3) is 0 Å². The largest absolute Gasteiger partial charge is 0.459 e. The summed E-state index contributed by atoms with van der Waals surface area (Å²) in [6, 6.07) is 13.2. The van der Waals surface area contributed by atoms with Gasteiger partial charge in [-0.3, -0.25) is 9.59 Å². The second-order valence-corrected chi connectivity index (χ2v) is 7.81. The van der Waals surface area contributed by atoms with Crippen LogP contribution in [0.1, 0.15) is 40.7 Å². The van der Waals surface area contributed by atoms with Crippen molar-refractivity contribution in [3.8, 4) is 0 Å². The number of carbonyl (C=O) groups excluding carboxylic acids is 2. The van der Waals surface area contributed by atoms with E-state index in [4.69, 9.17) is 4.42 Å². The molecule has 1 aliphatic heterocycles. The zero-order valence-electron chi connectivity index (χ0n) is 16.4. The molecule has 1 unspecified atom stereocenters. The minimum Gasteiger partial charge on any atom is -0.459 e. The first-order valence-electron chi connectivity index (χ1n) is 10.2. The molecule has 3 heterocycles. The normalized spacial score (nSPS) is 18.2. The Morgan fingerprint density at radius 1 is 1.10 bits per heavy atom. The van der Waals surface area contributed by atoms with E-state index >= 15 is 0 Å². The van der Waals surface area contributed by atoms with Crippen LogP contribution in [0.5, 0.6) is 0 Å². The lowest BCUT2D eigenvalue weighted by molar-refractivity contribution is -0.134. The van der Waals surface area contributed by atoms with Crippen LogP contribution in [0, 0.1) is 5.82 Å². The van der Waals surface area contributed by atoms with Gasteiger partial charge in [-0.15, -0.1) is 0 Å². The van der Waals surface area contributed by atoms with E-state index < -0.39 is 6.04 Å². The van der Waals surface area contributed by atoms with Crippen LogP contribution in [-0.2, 0) is 11.3 Å². The molecule has 1 atom stereocenters. The lowest BCUT2D eigenvalue weighted by atomic mass is 9.99. The molecule has 0 N–H and O–H groups in total. The van der Waals surface area contributed by atoms with Crippen LogP contribution >= 0.6 is 0 Å². The van der Waals surface area contributed by atoms with Gasteiger partial charge in [0.2, 0.25) is 5.91 Å². The van der Waals surface area contributed by atoms with Crippen molar-refractivity contribution in [1.82, 2.24) is 14.4 Å². The number of halogens is 1. The molecule has 7 heteroatoms. The molecule has 1 saturated carbocycles. The highest BCUT2D eigenvalue weighted by Gasteiger charge is 2.38. The fraction of sp³-hybridized carbons (Fsp3) is 0.304. The number of hydrogen-bond acceptors (Lipinski definition) is 3. The number of aromatic nitrogens is 1. The van der Waals surface area contributed by atoms with Crippen molar-refractivity contribution in [3.05, 3.63) is 83.8 Å². The van der Waals surface area contributed by atoms with E-state index in [0.717, 1.165) is 24.1 Å². The van der Waals surface area contributed by atoms with Gasteiger partial charge in [-0.1, -0.05) is 12.1 Å². The first-order chi connectivity index (χ1) is 14.6. The molecular weight excluding hydrogens is 385 g/mol. The number of fused-ring (bicyclic) bond motifs is 1. The number of carbonyl (C=O) groups is 2.